The van der Waals surface area contributed by atoms with Crippen LogP contribution < -0.4 is 5.46 Å². The number of nitrogens with zero attached hydrogens (tertiary/aromatic N) is 1. The summed E-state index contributed by atoms with van der Waals surface area (Å²) in [6, 6.07) is 5.42. The van der Waals surface area contributed by atoms with Crippen molar-refractivity contribution in [2.45, 2.75) is 12.8 Å². The highest BCUT2D eigenvalue weighted by atomic mass is 16.7. The lowest BCUT2D eigenvalue weighted by atomic mass is 9.80. The molecule has 1 aromatic rings. The van der Waals surface area contributed by atoms with Gasteiger partial charge in [-0.05, 0) is 17.6 Å². The molecule has 0 radical (unpaired) electrons. The number of imide groups is 1. The predicted molar refractivity (Wildman–Crippen MR) is 62.8 cm³/mol. The maximum atomic E-state index is 11.7. The third kappa shape index (κ3) is 2.80. The van der Waals surface area contributed by atoms with Crippen molar-refractivity contribution in [2.75, 3.05) is 0 Å². The Balaban J connectivity index is 2.14. The molecule has 1 heterocycles. The van der Waals surface area contributed by atoms with Crippen molar-refractivity contribution >= 4 is 30.4 Å². The fraction of sp³-hybridized carbons (Fsp3) is 0.182. The molecular weight excluding hydrogens is 253 g/mol. The number of hydroxylamine groups is 2. The minimum atomic E-state index is -1.72. The van der Waals surface area contributed by atoms with E-state index in [0.29, 0.717) is 5.06 Å². The third-order valence-corrected chi connectivity index (χ3v) is 2.60. The molecule has 1 aliphatic heterocycles. The van der Waals surface area contributed by atoms with Crippen LogP contribution in [-0.4, -0.2) is 40.0 Å². The molecule has 19 heavy (non-hydrogen) atoms. The molecule has 1 aromatic carbocycles. The quantitative estimate of drug-likeness (QED) is 0.512. The zero-order valence-electron chi connectivity index (χ0n) is 9.78. The first-order valence-corrected chi connectivity index (χ1v) is 5.53. The molecular formula is C11H10BNO6. The summed E-state index contributed by atoms with van der Waals surface area (Å²) in [6.45, 7) is 0. The second kappa shape index (κ2) is 5.21. The van der Waals surface area contributed by atoms with E-state index in [4.69, 9.17) is 10.0 Å². The Kier molecular flexibility index (Phi) is 3.63. The van der Waals surface area contributed by atoms with E-state index in [1.165, 1.54) is 24.3 Å². The number of hydrogen-bond donors (Lipinski definition) is 2. The molecule has 0 unspecified atom stereocenters. The lowest BCUT2D eigenvalue weighted by Crippen LogP contribution is -2.33. The van der Waals surface area contributed by atoms with Crippen LogP contribution in [0.5, 0.6) is 0 Å². The summed E-state index contributed by atoms with van der Waals surface area (Å²) < 4.78 is 0. The molecule has 0 aliphatic carbocycles. The van der Waals surface area contributed by atoms with Crippen LogP contribution in [0, 0.1) is 0 Å². The molecule has 2 amide bonds. The molecule has 1 aliphatic rings. The molecule has 0 bridgehead atoms. The van der Waals surface area contributed by atoms with E-state index in [2.05, 4.69) is 4.84 Å². The van der Waals surface area contributed by atoms with Crippen LogP contribution in [0.1, 0.15) is 23.2 Å². The van der Waals surface area contributed by atoms with Gasteiger partial charge in [0.1, 0.15) is 0 Å². The highest BCUT2D eigenvalue weighted by Gasteiger charge is 2.33. The Morgan fingerprint density at radius 1 is 1.21 bits per heavy atom. The zero-order valence-corrected chi connectivity index (χ0v) is 9.78. The summed E-state index contributed by atoms with van der Waals surface area (Å²) in [5.74, 6) is -2.06. The number of rotatable bonds is 3. The van der Waals surface area contributed by atoms with E-state index in [9.17, 15) is 14.4 Å². The van der Waals surface area contributed by atoms with E-state index in [-0.39, 0.29) is 23.9 Å². The van der Waals surface area contributed by atoms with E-state index < -0.39 is 24.9 Å². The monoisotopic (exact) mass is 263 g/mol. The average molecular weight is 263 g/mol. The topological polar surface area (TPSA) is 104 Å². The Labute approximate surface area is 108 Å². The Morgan fingerprint density at radius 2 is 1.84 bits per heavy atom. The van der Waals surface area contributed by atoms with Crippen molar-refractivity contribution < 1.29 is 29.3 Å². The molecule has 1 saturated heterocycles. The molecule has 7 nitrogen and oxygen atoms in total. The first-order chi connectivity index (χ1) is 8.99. The minimum absolute atomic E-state index is 0.0121. The van der Waals surface area contributed by atoms with Gasteiger partial charge in [0, 0.05) is 12.8 Å². The fourth-order valence-electron chi connectivity index (χ4n) is 1.62. The van der Waals surface area contributed by atoms with Crippen LogP contribution in [0.2, 0.25) is 0 Å². The average Bonchev–Trinajstić information content (AvgIpc) is 2.70. The van der Waals surface area contributed by atoms with Crippen molar-refractivity contribution in [3.63, 3.8) is 0 Å². The Morgan fingerprint density at radius 3 is 2.42 bits per heavy atom. The largest absolute Gasteiger partial charge is 0.488 e. The SMILES string of the molecule is O=C(ON1C(=O)CCC1=O)c1cccc(B(O)O)c1. The van der Waals surface area contributed by atoms with E-state index in [1.54, 1.807) is 0 Å². The molecule has 0 spiro atoms. The molecule has 98 valence electrons. The van der Waals surface area contributed by atoms with Gasteiger partial charge in [-0.2, -0.15) is 0 Å². The third-order valence-electron chi connectivity index (χ3n) is 2.60. The van der Waals surface area contributed by atoms with Gasteiger partial charge in [-0.25, -0.2) is 4.79 Å². The van der Waals surface area contributed by atoms with Crippen molar-refractivity contribution in [3.8, 4) is 0 Å². The molecule has 2 N–H and O–H groups in total. The van der Waals surface area contributed by atoms with Gasteiger partial charge in [-0.15, -0.1) is 5.06 Å². The van der Waals surface area contributed by atoms with Crippen molar-refractivity contribution in [2.24, 2.45) is 0 Å². The maximum absolute atomic E-state index is 11.7. The van der Waals surface area contributed by atoms with Crippen molar-refractivity contribution in [3.05, 3.63) is 29.8 Å². The van der Waals surface area contributed by atoms with Crippen LogP contribution in [0.4, 0.5) is 0 Å². The second-order valence-electron chi connectivity index (χ2n) is 3.96. The first-order valence-electron chi connectivity index (χ1n) is 5.53. The highest BCUT2D eigenvalue weighted by molar-refractivity contribution is 6.58. The molecule has 8 heteroatoms. The molecule has 0 aromatic heterocycles. The fourth-order valence-corrected chi connectivity index (χ4v) is 1.62. The van der Waals surface area contributed by atoms with Gasteiger partial charge in [0.05, 0.1) is 5.56 Å². The smallest absolute Gasteiger partial charge is 0.423 e. The van der Waals surface area contributed by atoms with Gasteiger partial charge in [0.2, 0.25) is 0 Å². The van der Waals surface area contributed by atoms with Crippen LogP contribution in [0.15, 0.2) is 24.3 Å². The summed E-state index contributed by atoms with van der Waals surface area (Å²) in [5, 5.41) is 18.4. The summed E-state index contributed by atoms with van der Waals surface area (Å²) in [4.78, 5) is 39.0. The van der Waals surface area contributed by atoms with Gasteiger partial charge in [-0.3, -0.25) is 9.59 Å². The van der Waals surface area contributed by atoms with Gasteiger partial charge in [0.15, 0.2) is 0 Å². The van der Waals surface area contributed by atoms with E-state index in [1.807, 2.05) is 0 Å². The molecule has 1 fully saturated rings. The van der Waals surface area contributed by atoms with Gasteiger partial charge >= 0.3 is 13.1 Å². The van der Waals surface area contributed by atoms with Crippen LogP contribution in [0.3, 0.4) is 0 Å². The van der Waals surface area contributed by atoms with Crippen LogP contribution >= 0.6 is 0 Å². The summed E-state index contributed by atoms with van der Waals surface area (Å²) >= 11 is 0. The van der Waals surface area contributed by atoms with Crippen molar-refractivity contribution in [1.82, 2.24) is 5.06 Å². The first kappa shape index (κ1) is 13.3. The zero-order chi connectivity index (χ0) is 14.0. The van der Waals surface area contributed by atoms with E-state index >= 15 is 0 Å². The predicted octanol–water partition coefficient (Wildman–Crippen LogP) is -1.41. The normalized spacial score (nSPS) is 14.7. The lowest BCUT2D eigenvalue weighted by Gasteiger charge is -2.12. The number of benzene rings is 1. The lowest BCUT2D eigenvalue weighted by molar-refractivity contribution is -0.172. The van der Waals surface area contributed by atoms with Gasteiger partial charge in [0.25, 0.3) is 11.8 Å². The molecule has 2 rings (SSSR count). The Bertz CT molecular complexity index is 528. The maximum Gasteiger partial charge on any atom is 0.488 e. The molecule has 0 saturated carbocycles. The minimum Gasteiger partial charge on any atom is -0.423 e. The number of carbonyl (C=O) groups excluding carboxylic acids is 3. The highest BCUT2D eigenvalue weighted by Crippen LogP contribution is 2.13. The molecule has 0 atom stereocenters. The second-order valence-corrected chi connectivity index (χ2v) is 3.96. The summed E-state index contributed by atoms with van der Waals surface area (Å²) in [6.07, 6.45) is 0.0308. The summed E-state index contributed by atoms with van der Waals surface area (Å²) in [7, 11) is -1.72. The standard InChI is InChI=1S/C11H10BNO6/c14-9-4-5-10(15)13(9)19-11(16)7-2-1-3-8(6-7)12(17)18/h1-3,6,17-18H,4-5H2. The number of carbonyl (C=O) groups is 3. The summed E-state index contributed by atoms with van der Waals surface area (Å²) in [5.41, 5.74) is 0.117. The van der Waals surface area contributed by atoms with Gasteiger partial charge in [-0.1, -0.05) is 12.1 Å². The number of hydrogen-bond acceptors (Lipinski definition) is 6. The van der Waals surface area contributed by atoms with E-state index in [0.717, 1.165) is 0 Å². The Hall–Kier alpha value is -2.19. The van der Waals surface area contributed by atoms with Crippen molar-refractivity contribution in [1.29, 1.82) is 0 Å². The number of amides is 2. The van der Waals surface area contributed by atoms with Crippen LogP contribution in [0.25, 0.3) is 0 Å². The van der Waals surface area contributed by atoms with Crippen LogP contribution in [-0.2, 0) is 14.4 Å². The van der Waals surface area contributed by atoms with Gasteiger partial charge < -0.3 is 14.9 Å².